The topological polar surface area (TPSA) is 57.1 Å². The number of anilines is 1. The summed E-state index contributed by atoms with van der Waals surface area (Å²) in [5, 5.41) is 8.39. The predicted octanol–water partition coefficient (Wildman–Crippen LogP) is 2.89. The number of benzene rings is 1. The molecule has 7 heteroatoms. The van der Waals surface area contributed by atoms with Crippen LogP contribution in [-0.4, -0.2) is 21.8 Å². The molecule has 1 saturated heterocycles. The molecule has 1 aromatic heterocycles. The maximum Gasteiger partial charge on any atom is 0.245 e. The Balaban J connectivity index is 1.82. The van der Waals surface area contributed by atoms with Gasteiger partial charge in [0.05, 0.1) is 5.75 Å². The van der Waals surface area contributed by atoms with Crippen LogP contribution in [0.5, 0.6) is 0 Å². The van der Waals surface area contributed by atoms with Crippen molar-refractivity contribution in [1.82, 2.24) is 4.98 Å². The third-order valence-electron chi connectivity index (χ3n) is 2.84. The van der Waals surface area contributed by atoms with Crippen molar-refractivity contribution in [1.29, 1.82) is 5.41 Å². The maximum absolute atomic E-state index is 13.6. The largest absolute Gasteiger partial charge is 0.278 e. The van der Waals surface area contributed by atoms with Crippen LogP contribution in [0.1, 0.15) is 10.4 Å². The molecule has 0 spiro atoms. The van der Waals surface area contributed by atoms with Crippen LogP contribution >= 0.6 is 23.1 Å². The average molecular weight is 307 g/mol. The van der Waals surface area contributed by atoms with Gasteiger partial charge in [-0.3, -0.25) is 10.2 Å². The lowest BCUT2D eigenvalue weighted by Gasteiger charge is -2.09. The molecule has 1 amide bonds. The molecule has 1 aliphatic rings. The highest BCUT2D eigenvalue weighted by Gasteiger charge is 2.30. The number of thioether (sulfide) groups is 1. The molecule has 0 unspecified atom stereocenters. The lowest BCUT2D eigenvalue weighted by atomic mass is 10.1. The van der Waals surface area contributed by atoms with Crippen LogP contribution in [0.2, 0.25) is 0 Å². The number of amides is 1. The molecule has 1 N–H and O–H groups in total. The van der Waals surface area contributed by atoms with E-state index >= 15 is 0 Å². The molecule has 1 fully saturated rings. The number of halogens is 1. The van der Waals surface area contributed by atoms with Crippen molar-refractivity contribution in [2.45, 2.75) is 6.42 Å². The van der Waals surface area contributed by atoms with Gasteiger partial charge in [0.15, 0.2) is 10.3 Å². The second-order valence-electron chi connectivity index (χ2n) is 4.20. The van der Waals surface area contributed by atoms with Crippen LogP contribution in [0.3, 0.4) is 0 Å². The van der Waals surface area contributed by atoms with Crippen LogP contribution in [0.25, 0.3) is 0 Å². The number of nitrogens with one attached hydrogen (secondary N) is 1. The zero-order valence-corrected chi connectivity index (χ0v) is 11.9. The van der Waals surface area contributed by atoms with Gasteiger partial charge in [-0.1, -0.05) is 30.0 Å². The first-order valence-corrected chi connectivity index (χ1v) is 7.68. The number of aromatic nitrogens is 1. The minimum Gasteiger partial charge on any atom is -0.278 e. The van der Waals surface area contributed by atoms with Crippen molar-refractivity contribution in [2.75, 3.05) is 10.7 Å². The van der Waals surface area contributed by atoms with Crippen molar-refractivity contribution >= 4 is 39.3 Å². The Morgan fingerprint density at radius 3 is 2.90 bits per heavy atom. The highest BCUT2D eigenvalue weighted by atomic mass is 32.2. The Morgan fingerprint density at radius 2 is 2.20 bits per heavy atom. The van der Waals surface area contributed by atoms with E-state index < -0.39 is 0 Å². The lowest BCUT2D eigenvalue weighted by molar-refractivity contribution is -0.115. The number of rotatable bonds is 3. The molecule has 0 saturated carbocycles. The summed E-state index contributed by atoms with van der Waals surface area (Å²) in [7, 11) is 0. The summed E-state index contributed by atoms with van der Waals surface area (Å²) < 4.78 is 13.6. The quantitative estimate of drug-likeness (QED) is 0.948. The van der Waals surface area contributed by atoms with Crippen LogP contribution in [0.4, 0.5) is 9.52 Å². The predicted molar refractivity (Wildman–Crippen MR) is 79.0 cm³/mol. The fourth-order valence-electron chi connectivity index (χ4n) is 1.88. The fourth-order valence-corrected chi connectivity index (χ4v) is 3.60. The highest BCUT2D eigenvalue weighted by Crippen LogP contribution is 2.30. The monoisotopic (exact) mass is 307 g/mol. The van der Waals surface area contributed by atoms with E-state index in [-0.39, 0.29) is 22.6 Å². The van der Waals surface area contributed by atoms with Gasteiger partial charge in [0.25, 0.3) is 0 Å². The first-order valence-electron chi connectivity index (χ1n) is 5.87. The van der Waals surface area contributed by atoms with Gasteiger partial charge in [0.2, 0.25) is 5.91 Å². The Hall–Kier alpha value is -1.73. The SMILES string of the molecule is N=C1SCC(=O)N1c1ncc(Cc2ccccc2F)s1. The van der Waals surface area contributed by atoms with Crippen LogP contribution in [0.15, 0.2) is 30.5 Å². The summed E-state index contributed by atoms with van der Waals surface area (Å²) in [4.78, 5) is 18.0. The van der Waals surface area contributed by atoms with Crippen LogP contribution in [-0.2, 0) is 11.2 Å². The molecule has 2 heterocycles. The van der Waals surface area contributed by atoms with Gasteiger partial charge in [0.1, 0.15) is 5.82 Å². The van der Waals surface area contributed by atoms with E-state index in [9.17, 15) is 9.18 Å². The molecule has 20 heavy (non-hydrogen) atoms. The molecular weight excluding hydrogens is 297 g/mol. The highest BCUT2D eigenvalue weighted by molar-refractivity contribution is 8.15. The molecule has 2 aromatic rings. The Labute approximate surface area is 123 Å². The Bertz CT molecular complexity index is 670. The number of amidine groups is 1. The molecule has 102 valence electrons. The summed E-state index contributed by atoms with van der Waals surface area (Å²) in [5.74, 6) is -0.101. The van der Waals surface area contributed by atoms with E-state index in [1.54, 1.807) is 24.4 Å². The number of carbonyl (C=O) groups is 1. The van der Waals surface area contributed by atoms with Crippen molar-refractivity contribution < 1.29 is 9.18 Å². The van der Waals surface area contributed by atoms with Crippen LogP contribution in [0, 0.1) is 11.2 Å². The molecule has 1 aliphatic heterocycles. The average Bonchev–Trinajstić information content (AvgIpc) is 3.00. The minimum atomic E-state index is -0.247. The molecule has 1 aromatic carbocycles. The van der Waals surface area contributed by atoms with Crippen molar-refractivity contribution in [3.05, 3.63) is 46.7 Å². The minimum absolute atomic E-state index is 0.133. The van der Waals surface area contributed by atoms with Crippen molar-refractivity contribution in [2.24, 2.45) is 0 Å². The van der Waals surface area contributed by atoms with Crippen molar-refractivity contribution in [3.63, 3.8) is 0 Å². The van der Waals surface area contributed by atoms with Gasteiger partial charge in [-0.05, 0) is 11.6 Å². The van der Waals surface area contributed by atoms with E-state index in [0.717, 1.165) is 4.88 Å². The second kappa shape index (κ2) is 5.34. The van der Waals surface area contributed by atoms with E-state index in [4.69, 9.17) is 5.41 Å². The standard InChI is InChI=1S/C13H10FN3OS2/c14-10-4-2-1-3-8(10)5-9-6-16-13(20-9)17-11(18)7-19-12(17)15/h1-4,6,15H,5,7H2. The van der Waals surface area contributed by atoms with E-state index in [1.165, 1.54) is 34.1 Å². The molecular formula is C13H10FN3OS2. The smallest absolute Gasteiger partial charge is 0.245 e. The zero-order chi connectivity index (χ0) is 14.1. The summed E-state index contributed by atoms with van der Waals surface area (Å²) in [5.41, 5.74) is 0.597. The molecule has 4 nitrogen and oxygen atoms in total. The lowest BCUT2D eigenvalue weighted by Crippen LogP contribution is -2.28. The van der Waals surface area contributed by atoms with E-state index in [0.29, 0.717) is 17.1 Å². The number of carbonyl (C=O) groups excluding carboxylic acids is 1. The molecule has 0 atom stereocenters. The summed E-state index contributed by atoms with van der Waals surface area (Å²) in [6.45, 7) is 0. The van der Waals surface area contributed by atoms with E-state index in [2.05, 4.69) is 4.98 Å². The Morgan fingerprint density at radius 1 is 1.40 bits per heavy atom. The van der Waals surface area contributed by atoms with Gasteiger partial charge in [0, 0.05) is 17.5 Å². The van der Waals surface area contributed by atoms with Crippen molar-refractivity contribution in [3.8, 4) is 0 Å². The van der Waals surface area contributed by atoms with Gasteiger partial charge in [-0.2, -0.15) is 0 Å². The third kappa shape index (κ3) is 2.46. The Kier molecular flexibility index (Phi) is 3.54. The fraction of sp³-hybridized carbons (Fsp3) is 0.154. The van der Waals surface area contributed by atoms with Crippen LogP contribution < -0.4 is 4.90 Å². The zero-order valence-electron chi connectivity index (χ0n) is 10.3. The van der Waals surface area contributed by atoms with Gasteiger partial charge in [-0.15, -0.1) is 11.3 Å². The molecule has 3 rings (SSSR count). The summed E-state index contributed by atoms with van der Waals surface area (Å²) >= 11 is 2.50. The molecule has 0 bridgehead atoms. The van der Waals surface area contributed by atoms with Gasteiger partial charge < -0.3 is 0 Å². The van der Waals surface area contributed by atoms with Gasteiger partial charge in [-0.25, -0.2) is 14.3 Å². The first-order chi connectivity index (χ1) is 9.65. The number of hydrogen-bond acceptors (Lipinski definition) is 5. The van der Waals surface area contributed by atoms with Gasteiger partial charge >= 0.3 is 0 Å². The number of nitrogens with zero attached hydrogens (tertiary/aromatic N) is 2. The number of hydrogen-bond donors (Lipinski definition) is 1. The summed E-state index contributed by atoms with van der Waals surface area (Å²) in [6, 6.07) is 6.59. The maximum atomic E-state index is 13.6. The second-order valence-corrected chi connectivity index (χ2v) is 6.26. The molecule has 0 aliphatic carbocycles. The number of thiazole rings is 1. The summed E-state index contributed by atoms with van der Waals surface area (Å²) in [6.07, 6.45) is 2.07. The third-order valence-corrected chi connectivity index (χ3v) is 4.67. The first kappa shape index (κ1) is 13.3. The normalized spacial score (nSPS) is 15.2. The van der Waals surface area contributed by atoms with E-state index in [1.807, 2.05) is 0 Å². The molecule has 0 radical (unpaired) electrons.